The van der Waals surface area contributed by atoms with E-state index in [1.54, 1.807) is 41.2 Å². The van der Waals surface area contributed by atoms with Crippen LogP contribution in [0.5, 0.6) is 5.75 Å². The highest BCUT2D eigenvalue weighted by Gasteiger charge is 2.09. The third kappa shape index (κ3) is 5.69. The summed E-state index contributed by atoms with van der Waals surface area (Å²) in [4.78, 5) is 12.6. The van der Waals surface area contributed by atoms with E-state index in [9.17, 15) is 4.79 Å². The van der Waals surface area contributed by atoms with Gasteiger partial charge in [-0.25, -0.2) is 0 Å². The molecule has 0 bridgehead atoms. The van der Waals surface area contributed by atoms with E-state index in [0.29, 0.717) is 40.2 Å². The summed E-state index contributed by atoms with van der Waals surface area (Å²) >= 11 is 12.0. The smallest absolute Gasteiger partial charge is 0.255 e. The summed E-state index contributed by atoms with van der Waals surface area (Å²) in [5, 5.41) is 8.22. The molecule has 0 fully saturated rings. The molecule has 0 radical (unpaired) electrons. The fourth-order valence-corrected chi connectivity index (χ4v) is 3.57. The fraction of sp³-hybridized carbons (Fsp3) is 0.120. The fourth-order valence-electron chi connectivity index (χ4n) is 3.10. The Morgan fingerprint density at radius 2 is 1.72 bits per heavy atom. The van der Waals surface area contributed by atoms with E-state index in [1.165, 1.54) is 5.56 Å². The maximum atomic E-state index is 12.6. The van der Waals surface area contributed by atoms with Crippen molar-refractivity contribution >= 4 is 34.8 Å². The van der Waals surface area contributed by atoms with Crippen LogP contribution >= 0.6 is 23.2 Å². The van der Waals surface area contributed by atoms with Gasteiger partial charge in [-0.05, 0) is 48.4 Å². The zero-order chi connectivity index (χ0) is 22.5. The molecule has 7 heteroatoms. The van der Waals surface area contributed by atoms with Crippen LogP contribution in [0.4, 0.5) is 5.69 Å². The van der Waals surface area contributed by atoms with Gasteiger partial charge in [-0.3, -0.25) is 9.48 Å². The number of benzene rings is 3. The Morgan fingerprint density at radius 3 is 2.44 bits per heavy atom. The van der Waals surface area contributed by atoms with Crippen molar-refractivity contribution in [3.63, 3.8) is 0 Å². The number of carbonyl (C=O) groups excluding carboxylic acids is 1. The highest BCUT2D eigenvalue weighted by atomic mass is 35.5. The molecule has 1 aromatic heterocycles. The number of anilines is 1. The Morgan fingerprint density at radius 1 is 1.00 bits per heavy atom. The lowest BCUT2D eigenvalue weighted by molar-refractivity contribution is 0.102. The van der Waals surface area contributed by atoms with E-state index < -0.39 is 0 Å². The van der Waals surface area contributed by atoms with Crippen LogP contribution in [0.3, 0.4) is 0 Å². The highest BCUT2D eigenvalue weighted by molar-refractivity contribution is 6.35. The van der Waals surface area contributed by atoms with Gasteiger partial charge >= 0.3 is 0 Å². The Bertz CT molecular complexity index is 1220. The maximum absolute atomic E-state index is 12.6. The molecular formula is C25H21Cl2N3O2. The maximum Gasteiger partial charge on any atom is 0.255 e. The van der Waals surface area contributed by atoms with Crippen LogP contribution in [-0.2, 0) is 13.2 Å². The minimum Gasteiger partial charge on any atom is -0.487 e. The third-order valence-electron chi connectivity index (χ3n) is 4.86. The van der Waals surface area contributed by atoms with Gasteiger partial charge in [0.1, 0.15) is 12.4 Å². The molecule has 0 spiro atoms. The Hall–Kier alpha value is -3.28. The molecule has 1 N–H and O–H groups in total. The number of hydrogen-bond donors (Lipinski definition) is 1. The SMILES string of the molecule is Cc1ccc(Cn2cc(NC(=O)c3ccc(COc4ccc(Cl)cc4Cl)cc3)cn2)cc1. The van der Waals surface area contributed by atoms with Gasteiger partial charge in [0.2, 0.25) is 0 Å². The largest absolute Gasteiger partial charge is 0.487 e. The monoisotopic (exact) mass is 465 g/mol. The first-order valence-corrected chi connectivity index (χ1v) is 10.8. The molecule has 1 amide bonds. The van der Waals surface area contributed by atoms with E-state index in [2.05, 4.69) is 41.6 Å². The van der Waals surface area contributed by atoms with Gasteiger partial charge in [0, 0.05) is 16.8 Å². The molecular weight excluding hydrogens is 445 g/mol. The van der Waals surface area contributed by atoms with E-state index >= 15 is 0 Å². The van der Waals surface area contributed by atoms with Gasteiger partial charge in [-0.15, -0.1) is 0 Å². The number of rotatable bonds is 7. The first kappa shape index (κ1) is 21.9. The van der Waals surface area contributed by atoms with Crippen molar-refractivity contribution in [2.24, 2.45) is 0 Å². The second kappa shape index (κ2) is 9.90. The van der Waals surface area contributed by atoms with Crippen LogP contribution in [0.1, 0.15) is 27.0 Å². The van der Waals surface area contributed by atoms with Crippen LogP contribution in [0.25, 0.3) is 0 Å². The summed E-state index contributed by atoms with van der Waals surface area (Å²) in [6.07, 6.45) is 3.46. The summed E-state index contributed by atoms with van der Waals surface area (Å²) in [7, 11) is 0. The lowest BCUT2D eigenvalue weighted by Gasteiger charge is -2.09. The molecule has 162 valence electrons. The van der Waals surface area contributed by atoms with Crippen LogP contribution in [-0.4, -0.2) is 15.7 Å². The quantitative estimate of drug-likeness (QED) is 0.344. The molecule has 1 heterocycles. The standard InChI is InChI=1S/C25H21Cl2N3O2/c1-17-2-4-18(5-3-17)14-30-15-22(13-28-30)29-25(31)20-8-6-19(7-9-20)16-32-24-11-10-21(26)12-23(24)27/h2-13,15H,14,16H2,1H3,(H,29,31). The number of amides is 1. The number of hydrogen-bond acceptors (Lipinski definition) is 3. The van der Waals surface area contributed by atoms with Crippen LogP contribution in [0, 0.1) is 6.92 Å². The van der Waals surface area contributed by atoms with Gasteiger partial charge in [0.15, 0.2) is 0 Å². The summed E-state index contributed by atoms with van der Waals surface area (Å²) in [6.45, 7) is 3.03. The summed E-state index contributed by atoms with van der Waals surface area (Å²) in [5.41, 5.74) is 4.47. The molecule has 0 aliphatic carbocycles. The Balaban J connectivity index is 1.32. The molecule has 0 aliphatic rings. The molecule has 0 unspecified atom stereocenters. The normalized spacial score (nSPS) is 10.7. The lowest BCUT2D eigenvalue weighted by atomic mass is 10.1. The predicted molar refractivity (Wildman–Crippen MR) is 128 cm³/mol. The molecule has 0 saturated heterocycles. The van der Waals surface area contributed by atoms with E-state index in [0.717, 1.165) is 11.1 Å². The first-order chi connectivity index (χ1) is 15.5. The number of halogens is 2. The summed E-state index contributed by atoms with van der Waals surface area (Å²) < 4.78 is 7.52. The average Bonchev–Trinajstić information content (AvgIpc) is 3.22. The van der Waals surface area contributed by atoms with Gasteiger partial charge < -0.3 is 10.1 Å². The van der Waals surface area contributed by atoms with E-state index in [-0.39, 0.29) is 5.91 Å². The molecule has 32 heavy (non-hydrogen) atoms. The number of aromatic nitrogens is 2. The van der Waals surface area contributed by atoms with Crippen molar-refractivity contribution in [2.45, 2.75) is 20.1 Å². The minimum atomic E-state index is -0.201. The molecule has 0 saturated carbocycles. The van der Waals surface area contributed by atoms with Crippen molar-refractivity contribution < 1.29 is 9.53 Å². The van der Waals surface area contributed by atoms with Crippen molar-refractivity contribution in [1.29, 1.82) is 0 Å². The Labute approximate surface area is 196 Å². The van der Waals surface area contributed by atoms with Crippen molar-refractivity contribution in [1.82, 2.24) is 9.78 Å². The van der Waals surface area contributed by atoms with Gasteiger partial charge in [0.05, 0.1) is 23.5 Å². The second-order valence-corrected chi connectivity index (χ2v) is 8.27. The minimum absolute atomic E-state index is 0.201. The van der Waals surface area contributed by atoms with Crippen molar-refractivity contribution in [3.8, 4) is 5.75 Å². The van der Waals surface area contributed by atoms with E-state index in [1.807, 2.05) is 18.3 Å². The molecule has 0 atom stereocenters. The average molecular weight is 466 g/mol. The molecule has 4 rings (SSSR count). The number of aryl methyl sites for hydroxylation is 1. The summed E-state index contributed by atoms with van der Waals surface area (Å²) in [6, 6.07) is 20.6. The van der Waals surface area contributed by atoms with Crippen LogP contribution in [0.2, 0.25) is 10.0 Å². The third-order valence-corrected chi connectivity index (χ3v) is 5.39. The van der Waals surface area contributed by atoms with Crippen molar-refractivity contribution in [2.75, 3.05) is 5.32 Å². The topological polar surface area (TPSA) is 56.2 Å². The number of nitrogens with one attached hydrogen (secondary N) is 1. The summed E-state index contributed by atoms with van der Waals surface area (Å²) in [5.74, 6) is 0.355. The molecule has 5 nitrogen and oxygen atoms in total. The highest BCUT2D eigenvalue weighted by Crippen LogP contribution is 2.28. The number of nitrogens with zero attached hydrogens (tertiary/aromatic N) is 2. The zero-order valence-electron chi connectivity index (χ0n) is 17.4. The predicted octanol–water partition coefficient (Wildman–Crippen LogP) is 6.38. The molecule has 4 aromatic rings. The Kier molecular flexibility index (Phi) is 6.78. The number of carbonyl (C=O) groups is 1. The van der Waals surface area contributed by atoms with Crippen molar-refractivity contribution in [3.05, 3.63) is 111 Å². The van der Waals surface area contributed by atoms with Gasteiger partial charge in [-0.2, -0.15) is 5.10 Å². The zero-order valence-corrected chi connectivity index (χ0v) is 18.9. The van der Waals surface area contributed by atoms with Crippen LogP contribution in [0.15, 0.2) is 79.1 Å². The first-order valence-electron chi connectivity index (χ1n) is 10.0. The second-order valence-electron chi connectivity index (χ2n) is 7.43. The lowest BCUT2D eigenvalue weighted by Crippen LogP contribution is -2.11. The van der Waals surface area contributed by atoms with Gasteiger partial charge in [-0.1, -0.05) is 65.2 Å². The van der Waals surface area contributed by atoms with Crippen LogP contribution < -0.4 is 10.1 Å². The molecule has 3 aromatic carbocycles. The molecule has 0 aliphatic heterocycles. The van der Waals surface area contributed by atoms with E-state index in [4.69, 9.17) is 27.9 Å². The number of ether oxygens (including phenoxy) is 1. The van der Waals surface area contributed by atoms with Gasteiger partial charge in [0.25, 0.3) is 5.91 Å².